The van der Waals surface area contributed by atoms with E-state index < -0.39 is 17.9 Å². The summed E-state index contributed by atoms with van der Waals surface area (Å²) in [5, 5.41) is 17.6. The molecule has 1 aliphatic rings. The Hall–Kier alpha value is -3.92. The molecule has 1 heterocycles. The third-order valence-electron chi connectivity index (χ3n) is 6.08. The number of hydrogen-bond acceptors (Lipinski definition) is 5. The zero-order valence-electron chi connectivity index (χ0n) is 19.5. The third kappa shape index (κ3) is 6.65. The van der Waals surface area contributed by atoms with Gasteiger partial charge in [-0.2, -0.15) is 13.2 Å². The summed E-state index contributed by atoms with van der Waals surface area (Å²) in [6, 6.07) is 19.1. The number of aromatic nitrogens is 1. The average Bonchev–Trinajstić information content (AvgIpc) is 3.53. The lowest BCUT2D eigenvalue weighted by molar-refractivity contribution is -0.137. The van der Waals surface area contributed by atoms with Gasteiger partial charge in [-0.1, -0.05) is 60.6 Å². The number of ketones is 1. The number of alkyl halides is 3. The summed E-state index contributed by atoms with van der Waals surface area (Å²) in [5.74, 6) is 0.417. The molecule has 0 bridgehead atoms. The molecule has 3 aromatic carbocycles. The highest BCUT2D eigenvalue weighted by molar-refractivity contribution is 7.22. The van der Waals surface area contributed by atoms with Crippen LogP contribution in [-0.2, 0) is 6.18 Å². The maximum Gasteiger partial charge on any atom is 0.503 e. The molecule has 6 nitrogen and oxygen atoms in total. The van der Waals surface area contributed by atoms with Crippen molar-refractivity contribution < 1.29 is 33.0 Å². The molecule has 0 radical (unpaired) electrons. The predicted molar refractivity (Wildman–Crippen MR) is 137 cm³/mol. The van der Waals surface area contributed by atoms with Crippen LogP contribution < -0.4 is 5.32 Å². The van der Waals surface area contributed by atoms with Gasteiger partial charge < -0.3 is 15.5 Å². The summed E-state index contributed by atoms with van der Waals surface area (Å²) in [7, 11) is 0. The maximum atomic E-state index is 12.9. The van der Waals surface area contributed by atoms with Crippen LogP contribution in [0.15, 0.2) is 66.7 Å². The van der Waals surface area contributed by atoms with Crippen molar-refractivity contribution in [3.05, 3.63) is 77.9 Å². The summed E-state index contributed by atoms with van der Waals surface area (Å²) in [6.45, 7) is 0. The second-order valence-electron chi connectivity index (χ2n) is 8.61. The Labute approximate surface area is 214 Å². The van der Waals surface area contributed by atoms with E-state index in [1.54, 1.807) is 0 Å². The number of halogens is 3. The van der Waals surface area contributed by atoms with Crippen molar-refractivity contribution >= 4 is 44.3 Å². The molecule has 10 heteroatoms. The van der Waals surface area contributed by atoms with E-state index in [0.717, 1.165) is 60.2 Å². The van der Waals surface area contributed by atoms with Gasteiger partial charge in [0.2, 0.25) is 0 Å². The number of benzene rings is 3. The molecule has 5 rings (SSSR count). The first-order chi connectivity index (χ1) is 17.6. The van der Waals surface area contributed by atoms with Crippen LogP contribution in [0.25, 0.3) is 21.3 Å². The number of carboxylic acid groups (broad SMARTS) is 2. The molecule has 0 amide bonds. The number of nitrogens with one attached hydrogen (secondary N) is 1. The van der Waals surface area contributed by atoms with Crippen LogP contribution in [-0.4, -0.2) is 27.1 Å². The fourth-order valence-electron chi connectivity index (χ4n) is 4.28. The van der Waals surface area contributed by atoms with Crippen LogP contribution in [0.1, 0.15) is 41.6 Å². The van der Waals surface area contributed by atoms with E-state index in [2.05, 4.69) is 10.3 Å². The Bertz CT molecular complexity index is 1390. The molecule has 1 aromatic heterocycles. The number of carbonyl (C=O) groups is 2. The highest BCUT2D eigenvalue weighted by Gasteiger charge is 2.30. The molecule has 1 aliphatic carbocycles. The van der Waals surface area contributed by atoms with Crippen molar-refractivity contribution in [3.63, 3.8) is 0 Å². The zero-order valence-corrected chi connectivity index (χ0v) is 20.3. The Morgan fingerprint density at radius 2 is 1.46 bits per heavy atom. The zero-order chi connectivity index (χ0) is 26.6. The topological polar surface area (TPSA) is 99.5 Å². The number of nitrogens with zero attached hydrogens (tertiary/aromatic N) is 1. The molecule has 192 valence electrons. The predicted octanol–water partition coefficient (Wildman–Crippen LogP) is 8.32. The SMILES string of the molecule is O=C(O)O.O=C(c1ccc(-c2ccc(Nc3nc4cc(C(F)(F)F)ccc4s3)cc2)cc1)C1CCCC1. The summed E-state index contributed by atoms with van der Waals surface area (Å²) in [5.41, 5.74) is 3.22. The van der Waals surface area contributed by atoms with Gasteiger partial charge in [0.05, 0.1) is 15.8 Å². The fourth-order valence-corrected chi connectivity index (χ4v) is 5.14. The normalized spacial score (nSPS) is 13.7. The standard InChI is InChI=1S/C26H21F3N2OS.CH2O3/c27-26(28,29)20-11-14-23-22(15-20)31-25(33-23)30-21-12-9-17(10-13-21)16-5-7-19(8-6-16)24(32)18-3-1-2-4-18;2-1(3)4/h5-15,18H,1-4H2,(H,30,31);(H2,2,3,4). The van der Waals surface area contributed by atoms with Gasteiger partial charge in [0.25, 0.3) is 0 Å². The van der Waals surface area contributed by atoms with Crippen molar-refractivity contribution in [1.82, 2.24) is 4.98 Å². The Morgan fingerprint density at radius 1 is 0.892 bits per heavy atom. The molecule has 1 saturated carbocycles. The first kappa shape index (κ1) is 26.2. The van der Waals surface area contributed by atoms with Crippen LogP contribution in [0.5, 0.6) is 0 Å². The summed E-state index contributed by atoms with van der Waals surface area (Å²) >= 11 is 1.31. The molecule has 0 unspecified atom stereocenters. The van der Waals surface area contributed by atoms with Gasteiger partial charge in [0, 0.05) is 17.2 Å². The number of rotatable bonds is 5. The van der Waals surface area contributed by atoms with Crippen molar-refractivity contribution in [2.45, 2.75) is 31.9 Å². The van der Waals surface area contributed by atoms with E-state index in [0.29, 0.717) is 15.3 Å². The van der Waals surface area contributed by atoms with Crippen molar-refractivity contribution in [1.29, 1.82) is 0 Å². The van der Waals surface area contributed by atoms with E-state index in [4.69, 9.17) is 15.0 Å². The smallest absolute Gasteiger partial charge is 0.450 e. The Kier molecular flexibility index (Phi) is 7.77. The Morgan fingerprint density at radius 3 is 2.03 bits per heavy atom. The molecule has 1 fully saturated rings. The van der Waals surface area contributed by atoms with E-state index >= 15 is 0 Å². The van der Waals surface area contributed by atoms with Crippen LogP contribution in [0.4, 0.5) is 28.8 Å². The molecule has 0 aliphatic heterocycles. The molecule has 0 saturated heterocycles. The van der Waals surface area contributed by atoms with Gasteiger partial charge in [0.1, 0.15) is 0 Å². The largest absolute Gasteiger partial charge is 0.503 e. The van der Waals surface area contributed by atoms with Gasteiger partial charge in [-0.15, -0.1) is 0 Å². The van der Waals surface area contributed by atoms with Crippen molar-refractivity contribution in [2.24, 2.45) is 5.92 Å². The van der Waals surface area contributed by atoms with Crippen molar-refractivity contribution in [3.8, 4) is 11.1 Å². The van der Waals surface area contributed by atoms with E-state index in [1.807, 2.05) is 48.5 Å². The lowest BCUT2D eigenvalue weighted by Crippen LogP contribution is -2.10. The van der Waals surface area contributed by atoms with Crippen LogP contribution in [0.2, 0.25) is 0 Å². The summed E-state index contributed by atoms with van der Waals surface area (Å²) < 4.78 is 39.5. The monoisotopic (exact) mass is 528 g/mol. The highest BCUT2D eigenvalue weighted by atomic mass is 32.1. The molecule has 37 heavy (non-hydrogen) atoms. The second-order valence-corrected chi connectivity index (χ2v) is 9.64. The third-order valence-corrected chi connectivity index (χ3v) is 7.03. The molecule has 3 N–H and O–H groups in total. The summed E-state index contributed by atoms with van der Waals surface area (Å²) in [4.78, 5) is 25.4. The minimum atomic E-state index is -4.39. The quantitative estimate of drug-likeness (QED) is 0.225. The average molecular weight is 529 g/mol. The van der Waals surface area contributed by atoms with Crippen LogP contribution >= 0.6 is 11.3 Å². The number of hydrogen-bond donors (Lipinski definition) is 3. The number of thiazole rings is 1. The molecule has 4 aromatic rings. The lowest BCUT2D eigenvalue weighted by Gasteiger charge is -2.09. The summed E-state index contributed by atoms with van der Waals surface area (Å²) in [6.07, 6.45) is -1.95. The van der Waals surface area contributed by atoms with Crippen LogP contribution in [0.3, 0.4) is 0 Å². The van der Waals surface area contributed by atoms with Gasteiger partial charge in [-0.05, 0) is 54.3 Å². The molecular formula is C27H23F3N2O4S. The number of Topliss-reactive ketones (excluding diaryl/α,β-unsaturated/α-hetero) is 1. The van der Waals surface area contributed by atoms with E-state index in [-0.39, 0.29) is 11.7 Å². The fraction of sp³-hybridized carbons (Fsp3) is 0.222. The van der Waals surface area contributed by atoms with E-state index in [1.165, 1.54) is 17.4 Å². The number of carbonyl (C=O) groups excluding carboxylic acids is 1. The Balaban J connectivity index is 0.000000747. The number of anilines is 2. The van der Waals surface area contributed by atoms with Gasteiger partial charge >= 0.3 is 12.3 Å². The molecular weight excluding hydrogens is 505 g/mol. The molecule has 0 spiro atoms. The van der Waals surface area contributed by atoms with Crippen LogP contribution in [0, 0.1) is 5.92 Å². The molecule has 0 atom stereocenters. The van der Waals surface area contributed by atoms with Crippen molar-refractivity contribution in [2.75, 3.05) is 5.32 Å². The van der Waals surface area contributed by atoms with Gasteiger partial charge in [-0.3, -0.25) is 4.79 Å². The van der Waals surface area contributed by atoms with Gasteiger partial charge in [0.15, 0.2) is 10.9 Å². The number of fused-ring (bicyclic) bond motifs is 1. The minimum Gasteiger partial charge on any atom is -0.450 e. The van der Waals surface area contributed by atoms with Gasteiger partial charge in [-0.25, -0.2) is 9.78 Å². The maximum absolute atomic E-state index is 12.9. The first-order valence-electron chi connectivity index (χ1n) is 11.5. The second kappa shape index (κ2) is 11.0. The lowest BCUT2D eigenvalue weighted by atomic mass is 9.94. The minimum absolute atomic E-state index is 0.170. The first-order valence-corrected chi connectivity index (χ1v) is 12.3. The highest BCUT2D eigenvalue weighted by Crippen LogP contribution is 2.35. The van der Waals surface area contributed by atoms with E-state index in [9.17, 15) is 18.0 Å².